The van der Waals surface area contributed by atoms with Crippen molar-refractivity contribution in [1.82, 2.24) is 5.32 Å². The fraction of sp³-hybridized carbons (Fsp3) is 0.971. The summed E-state index contributed by atoms with van der Waals surface area (Å²) in [6.45, 7) is 16.4. The molecule has 4 heteroatoms. The van der Waals surface area contributed by atoms with E-state index in [-0.39, 0.29) is 6.09 Å². The lowest BCUT2D eigenvalue weighted by atomic mass is 9.44. The Bertz CT molecular complexity index is 754. The van der Waals surface area contributed by atoms with Crippen LogP contribution < -0.4 is 5.32 Å². The van der Waals surface area contributed by atoms with Gasteiger partial charge in [0.2, 0.25) is 0 Å². The van der Waals surface area contributed by atoms with Crippen LogP contribution in [0.2, 0.25) is 0 Å². The van der Waals surface area contributed by atoms with E-state index in [0.29, 0.717) is 36.7 Å². The van der Waals surface area contributed by atoms with Crippen molar-refractivity contribution in [2.75, 3.05) is 19.8 Å². The monoisotopic (exact) mass is 531 g/mol. The minimum absolute atomic E-state index is 0.306. The van der Waals surface area contributed by atoms with Crippen LogP contribution in [0.1, 0.15) is 131 Å². The second kappa shape index (κ2) is 13.3. The van der Waals surface area contributed by atoms with E-state index in [1.165, 1.54) is 77.0 Å². The van der Waals surface area contributed by atoms with Crippen LogP contribution in [0.5, 0.6) is 0 Å². The normalized spacial score (nSPS) is 39.2. The Labute approximate surface area is 235 Å². The van der Waals surface area contributed by atoms with Crippen molar-refractivity contribution in [2.24, 2.45) is 52.3 Å². The first-order valence-electron chi connectivity index (χ1n) is 16.7. The van der Waals surface area contributed by atoms with Gasteiger partial charge in [-0.05, 0) is 116 Å². The largest absolute Gasteiger partial charge is 0.447 e. The van der Waals surface area contributed by atoms with E-state index in [2.05, 4.69) is 46.9 Å². The Morgan fingerprint density at radius 2 is 1.66 bits per heavy atom. The van der Waals surface area contributed by atoms with Gasteiger partial charge in [-0.25, -0.2) is 4.79 Å². The molecule has 0 aromatic heterocycles. The van der Waals surface area contributed by atoms with Crippen molar-refractivity contribution < 1.29 is 14.3 Å². The average Bonchev–Trinajstić information content (AvgIpc) is 3.24. The van der Waals surface area contributed by atoms with E-state index in [1.807, 2.05) is 0 Å². The van der Waals surface area contributed by atoms with Gasteiger partial charge in [0.05, 0.1) is 12.7 Å². The molecule has 4 aliphatic rings. The molecule has 9 atom stereocenters. The third kappa shape index (κ3) is 6.58. The number of carbonyl (C=O) groups excluding carboxylic acids is 1. The number of nitrogens with one attached hydrogen (secondary N) is 1. The number of hydrogen-bond acceptors (Lipinski definition) is 3. The first-order valence-corrected chi connectivity index (χ1v) is 16.7. The summed E-state index contributed by atoms with van der Waals surface area (Å²) in [5.74, 6) is 6.34. The van der Waals surface area contributed by atoms with Crippen molar-refractivity contribution in [2.45, 2.75) is 138 Å². The van der Waals surface area contributed by atoms with Crippen molar-refractivity contribution in [1.29, 1.82) is 0 Å². The summed E-state index contributed by atoms with van der Waals surface area (Å²) in [5, 5.41) is 2.81. The lowest BCUT2D eigenvalue weighted by molar-refractivity contribution is -0.138. The lowest BCUT2D eigenvalue weighted by Crippen LogP contribution is -2.54. The molecule has 0 radical (unpaired) electrons. The minimum Gasteiger partial charge on any atom is -0.447 e. The molecule has 0 unspecified atom stereocenters. The number of fused-ring (bicyclic) bond motifs is 5. The molecule has 0 saturated heterocycles. The van der Waals surface area contributed by atoms with Crippen LogP contribution in [0.4, 0.5) is 4.79 Å². The summed E-state index contributed by atoms with van der Waals surface area (Å²) >= 11 is 0. The highest BCUT2D eigenvalue weighted by molar-refractivity contribution is 5.66. The smallest absolute Gasteiger partial charge is 0.407 e. The molecule has 4 aliphatic carbocycles. The zero-order valence-electron chi connectivity index (χ0n) is 25.9. The average molecular weight is 532 g/mol. The van der Waals surface area contributed by atoms with Crippen LogP contribution >= 0.6 is 0 Å². The summed E-state index contributed by atoms with van der Waals surface area (Å²) in [4.78, 5) is 11.8. The van der Waals surface area contributed by atoms with Crippen LogP contribution in [0.3, 0.4) is 0 Å². The first kappa shape index (κ1) is 30.2. The van der Waals surface area contributed by atoms with Gasteiger partial charge in [-0.2, -0.15) is 0 Å². The molecule has 1 amide bonds. The molecule has 0 aliphatic heterocycles. The van der Waals surface area contributed by atoms with Crippen molar-refractivity contribution in [3.63, 3.8) is 0 Å². The maximum Gasteiger partial charge on any atom is 0.407 e. The van der Waals surface area contributed by atoms with E-state index in [9.17, 15) is 4.79 Å². The molecule has 0 bridgehead atoms. The number of hydrogen-bond donors (Lipinski definition) is 1. The predicted molar refractivity (Wildman–Crippen MR) is 157 cm³/mol. The van der Waals surface area contributed by atoms with E-state index < -0.39 is 0 Å². The summed E-state index contributed by atoms with van der Waals surface area (Å²) in [5.41, 5.74) is 1.09. The zero-order valence-corrected chi connectivity index (χ0v) is 25.9. The van der Waals surface area contributed by atoms with Gasteiger partial charge < -0.3 is 14.8 Å². The highest BCUT2D eigenvalue weighted by Gasteiger charge is 2.60. The summed E-state index contributed by atoms with van der Waals surface area (Å²) in [6.07, 6.45) is 18.8. The van der Waals surface area contributed by atoms with Gasteiger partial charge in [0.1, 0.15) is 6.61 Å². The Hall–Kier alpha value is -0.770. The maximum absolute atomic E-state index is 11.8. The Morgan fingerprint density at radius 1 is 0.895 bits per heavy atom. The van der Waals surface area contributed by atoms with Gasteiger partial charge in [-0.1, -0.05) is 67.2 Å². The molecule has 38 heavy (non-hydrogen) atoms. The molecule has 0 aromatic carbocycles. The molecule has 220 valence electrons. The van der Waals surface area contributed by atoms with Crippen LogP contribution in [-0.4, -0.2) is 32.0 Å². The quantitative estimate of drug-likeness (QED) is 0.256. The summed E-state index contributed by atoms with van der Waals surface area (Å²) in [7, 11) is 0. The van der Waals surface area contributed by atoms with E-state index in [1.54, 1.807) is 0 Å². The fourth-order valence-corrected chi connectivity index (χ4v) is 10.2. The second-order valence-electron chi connectivity index (χ2n) is 14.9. The number of rotatable bonds is 12. The molecule has 1 N–H and O–H groups in total. The van der Waals surface area contributed by atoms with E-state index >= 15 is 0 Å². The Kier molecular flexibility index (Phi) is 10.5. The van der Waals surface area contributed by atoms with Gasteiger partial charge in [-0.15, -0.1) is 0 Å². The molecule has 0 aromatic rings. The van der Waals surface area contributed by atoms with Crippen molar-refractivity contribution >= 4 is 6.09 Å². The van der Waals surface area contributed by atoms with Gasteiger partial charge in [0, 0.05) is 6.54 Å². The Morgan fingerprint density at radius 3 is 2.42 bits per heavy atom. The summed E-state index contributed by atoms with van der Waals surface area (Å²) < 4.78 is 11.6. The van der Waals surface area contributed by atoms with Crippen LogP contribution in [0.15, 0.2) is 0 Å². The SMILES string of the molecule is CCCCNC(=O)OCCO[C@@H]1CC[C@@]2(C)[C@@H](CC[C@@H]3[C@@H]2CC[C@]2(C)[C@@H]([C@@H](C)CCCC(C)C)CC[C@@H]32)C1. The predicted octanol–water partition coefficient (Wildman–Crippen LogP) is 9.02. The number of amides is 1. The second-order valence-corrected chi connectivity index (χ2v) is 14.9. The minimum atomic E-state index is -0.306. The zero-order chi connectivity index (χ0) is 27.3. The molecule has 0 heterocycles. The molecular weight excluding hydrogens is 470 g/mol. The standard InChI is InChI=1S/C34H61NO3/c1-7-8-20-35-32(36)38-22-21-37-27-16-18-33(5)26(23-27)12-13-28-30-15-14-29(25(4)11-9-10-24(2)3)34(30,6)19-17-31(28)33/h24-31H,7-23H2,1-6H3,(H,35,36)/t25-,26-,27+,28-,29+,30-,31-,33-,34+/m0/s1. The molecule has 4 rings (SSSR count). The Balaban J connectivity index is 1.26. The van der Waals surface area contributed by atoms with Crippen LogP contribution in [0.25, 0.3) is 0 Å². The first-order chi connectivity index (χ1) is 18.2. The number of ether oxygens (including phenoxy) is 2. The van der Waals surface area contributed by atoms with Gasteiger partial charge in [0.15, 0.2) is 0 Å². The lowest BCUT2D eigenvalue weighted by Gasteiger charge is -2.61. The van der Waals surface area contributed by atoms with E-state index in [4.69, 9.17) is 9.47 Å². The van der Waals surface area contributed by atoms with Crippen molar-refractivity contribution in [3.05, 3.63) is 0 Å². The van der Waals surface area contributed by atoms with Gasteiger partial charge >= 0.3 is 6.09 Å². The van der Waals surface area contributed by atoms with E-state index in [0.717, 1.165) is 54.3 Å². The van der Waals surface area contributed by atoms with Crippen LogP contribution in [0, 0.1) is 52.3 Å². The number of alkyl carbamates (subject to hydrolysis) is 1. The highest BCUT2D eigenvalue weighted by atomic mass is 16.6. The molecule has 4 saturated carbocycles. The molecule has 4 nitrogen and oxygen atoms in total. The maximum atomic E-state index is 11.8. The van der Waals surface area contributed by atoms with Crippen molar-refractivity contribution in [3.8, 4) is 0 Å². The topological polar surface area (TPSA) is 47.6 Å². The molecule has 0 spiro atoms. The summed E-state index contributed by atoms with van der Waals surface area (Å²) in [6, 6.07) is 0. The van der Waals surface area contributed by atoms with Crippen LogP contribution in [-0.2, 0) is 9.47 Å². The highest BCUT2D eigenvalue weighted by Crippen LogP contribution is 2.68. The molecular formula is C34H61NO3. The fourth-order valence-electron chi connectivity index (χ4n) is 10.2. The van der Waals surface area contributed by atoms with Gasteiger partial charge in [-0.3, -0.25) is 0 Å². The third-order valence-electron chi connectivity index (χ3n) is 12.3. The number of unbranched alkanes of at least 4 members (excludes halogenated alkanes) is 1. The molecule has 4 fully saturated rings. The number of carbonyl (C=O) groups is 1. The third-order valence-corrected chi connectivity index (χ3v) is 12.3. The van der Waals surface area contributed by atoms with Gasteiger partial charge in [0.25, 0.3) is 0 Å².